The van der Waals surface area contributed by atoms with Crippen molar-refractivity contribution in [1.29, 1.82) is 0 Å². The smallest absolute Gasteiger partial charge is 0.335 e. The maximum absolute atomic E-state index is 12.0. The van der Waals surface area contributed by atoms with E-state index in [4.69, 9.17) is 16.7 Å². The van der Waals surface area contributed by atoms with Gasteiger partial charge >= 0.3 is 5.97 Å². The highest BCUT2D eigenvalue weighted by Crippen LogP contribution is 2.26. The number of carboxylic acid groups (broad SMARTS) is 1. The van der Waals surface area contributed by atoms with Gasteiger partial charge in [-0.2, -0.15) is 0 Å². The lowest BCUT2D eigenvalue weighted by Gasteiger charge is -2.08. The SMILES string of the molecule is O=C(CCc1ccccc1Cl)Nc1cc(C(=O)O)ccc1[N+](=O)[O-]. The van der Waals surface area contributed by atoms with Crippen molar-refractivity contribution in [2.24, 2.45) is 0 Å². The number of hydrogen-bond acceptors (Lipinski definition) is 4. The van der Waals surface area contributed by atoms with Gasteiger partial charge in [0.15, 0.2) is 0 Å². The second-order valence-electron chi connectivity index (χ2n) is 4.93. The molecular weight excluding hydrogens is 336 g/mol. The van der Waals surface area contributed by atoms with Crippen molar-refractivity contribution < 1.29 is 19.6 Å². The summed E-state index contributed by atoms with van der Waals surface area (Å²) in [5.74, 6) is -1.71. The Bertz CT molecular complexity index is 807. The van der Waals surface area contributed by atoms with Crippen LogP contribution in [0.2, 0.25) is 5.02 Å². The Balaban J connectivity index is 2.13. The van der Waals surface area contributed by atoms with Crippen LogP contribution in [0.4, 0.5) is 11.4 Å². The molecule has 2 rings (SSSR count). The Morgan fingerprint density at radius 2 is 1.92 bits per heavy atom. The zero-order chi connectivity index (χ0) is 17.7. The molecule has 2 aromatic carbocycles. The second kappa shape index (κ2) is 7.56. The maximum Gasteiger partial charge on any atom is 0.335 e. The summed E-state index contributed by atoms with van der Waals surface area (Å²) in [6, 6.07) is 10.3. The number of nitro groups is 1. The molecule has 0 aliphatic carbocycles. The summed E-state index contributed by atoms with van der Waals surface area (Å²) < 4.78 is 0. The largest absolute Gasteiger partial charge is 0.478 e. The van der Waals surface area contributed by atoms with E-state index in [1.807, 2.05) is 0 Å². The number of aryl methyl sites for hydroxylation is 1. The van der Waals surface area contributed by atoms with E-state index in [2.05, 4.69) is 5.32 Å². The fourth-order valence-electron chi connectivity index (χ4n) is 2.09. The lowest BCUT2D eigenvalue weighted by Crippen LogP contribution is -2.14. The average Bonchev–Trinajstić information content (AvgIpc) is 2.53. The third kappa shape index (κ3) is 4.30. The van der Waals surface area contributed by atoms with Crippen molar-refractivity contribution in [2.75, 3.05) is 5.32 Å². The number of halogens is 1. The first-order chi connectivity index (χ1) is 11.4. The molecule has 124 valence electrons. The van der Waals surface area contributed by atoms with Crippen LogP contribution in [-0.2, 0) is 11.2 Å². The maximum atomic E-state index is 12.0. The van der Waals surface area contributed by atoms with E-state index >= 15 is 0 Å². The Morgan fingerprint density at radius 1 is 1.21 bits per heavy atom. The number of carbonyl (C=O) groups is 2. The molecule has 0 heterocycles. The molecule has 0 fully saturated rings. The quantitative estimate of drug-likeness (QED) is 0.613. The number of amides is 1. The van der Waals surface area contributed by atoms with Crippen LogP contribution in [0.3, 0.4) is 0 Å². The molecule has 0 unspecified atom stereocenters. The predicted octanol–water partition coefficient (Wildman–Crippen LogP) is 3.52. The standard InChI is InChI=1S/C16H13ClN2O5/c17-12-4-2-1-3-10(12)6-8-15(20)18-13-9-11(16(21)22)5-7-14(13)19(23)24/h1-5,7,9H,6,8H2,(H,18,20)(H,21,22). The average molecular weight is 349 g/mol. The van der Waals surface area contributed by atoms with Crippen LogP contribution in [-0.4, -0.2) is 21.9 Å². The number of nitrogens with one attached hydrogen (secondary N) is 1. The van der Waals surface area contributed by atoms with Crippen molar-refractivity contribution in [3.8, 4) is 0 Å². The van der Waals surface area contributed by atoms with Crippen LogP contribution in [0.25, 0.3) is 0 Å². The Kier molecular flexibility index (Phi) is 5.49. The lowest BCUT2D eigenvalue weighted by atomic mass is 10.1. The van der Waals surface area contributed by atoms with Crippen LogP contribution in [0.1, 0.15) is 22.3 Å². The minimum absolute atomic E-state index is 0.0538. The third-order valence-electron chi connectivity index (χ3n) is 3.29. The number of carboxylic acids is 1. The molecule has 0 aromatic heterocycles. The van der Waals surface area contributed by atoms with E-state index in [9.17, 15) is 19.7 Å². The van der Waals surface area contributed by atoms with Crippen molar-refractivity contribution in [3.63, 3.8) is 0 Å². The molecule has 24 heavy (non-hydrogen) atoms. The number of rotatable bonds is 6. The second-order valence-corrected chi connectivity index (χ2v) is 5.34. The molecule has 2 aromatic rings. The molecule has 8 heteroatoms. The summed E-state index contributed by atoms with van der Waals surface area (Å²) in [4.78, 5) is 33.3. The number of hydrogen-bond donors (Lipinski definition) is 2. The molecule has 0 aliphatic rings. The van der Waals surface area contributed by atoms with E-state index in [-0.39, 0.29) is 23.4 Å². The number of nitrogens with zero attached hydrogens (tertiary/aromatic N) is 1. The van der Waals surface area contributed by atoms with E-state index in [1.54, 1.807) is 24.3 Å². The van der Waals surface area contributed by atoms with E-state index in [1.165, 1.54) is 0 Å². The molecule has 0 aliphatic heterocycles. The first-order valence-electron chi connectivity index (χ1n) is 6.93. The fraction of sp³-hybridized carbons (Fsp3) is 0.125. The normalized spacial score (nSPS) is 10.2. The summed E-state index contributed by atoms with van der Waals surface area (Å²) in [6.45, 7) is 0. The molecular formula is C16H13ClN2O5. The molecule has 0 saturated carbocycles. The van der Waals surface area contributed by atoms with Gasteiger partial charge in [0.05, 0.1) is 10.5 Å². The highest BCUT2D eigenvalue weighted by atomic mass is 35.5. The number of benzene rings is 2. The summed E-state index contributed by atoms with van der Waals surface area (Å²) in [7, 11) is 0. The minimum atomic E-state index is -1.24. The van der Waals surface area contributed by atoms with Crippen molar-refractivity contribution in [2.45, 2.75) is 12.8 Å². The Labute approximate surface area is 142 Å². The van der Waals surface area contributed by atoms with Gasteiger partial charge in [0.2, 0.25) is 5.91 Å². The molecule has 0 spiro atoms. The first kappa shape index (κ1) is 17.4. The monoisotopic (exact) mass is 348 g/mol. The highest BCUT2D eigenvalue weighted by Gasteiger charge is 2.18. The third-order valence-corrected chi connectivity index (χ3v) is 3.66. The lowest BCUT2D eigenvalue weighted by molar-refractivity contribution is -0.383. The van der Waals surface area contributed by atoms with Crippen LogP contribution in [0.15, 0.2) is 42.5 Å². The number of aromatic carboxylic acids is 1. The topological polar surface area (TPSA) is 110 Å². The number of anilines is 1. The van der Waals surface area contributed by atoms with Gasteiger partial charge in [0.25, 0.3) is 5.69 Å². The molecule has 0 saturated heterocycles. The van der Waals surface area contributed by atoms with Gasteiger partial charge in [-0.3, -0.25) is 14.9 Å². The first-order valence-corrected chi connectivity index (χ1v) is 7.31. The summed E-state index contributed by atoms with van der Waals surface area (Å²) in [5.41, 5.74) is 0.111. The van der Waals surface area contributed by atoms with Gasteiger partial charge in [-0.1, -0.05) is 29.8 Å². The van der Waals surface area contributed by atoms with Crippen LogP contribution in [0, 0.1) is 10.1 Å². The highest BCUT2D eigenvalue weighted by molar-refractivity contribution is 6.31. The van der Waals surface area contributed by atoms with Gasteiger partial charge in [-0.15, -0.1) is 0 Å². The zero-order valence-electron chi connectivity index (χ0n) is 12.4. The fourth-order valence-corrected chi connectivity index (χ4v) is 2.32. The van der Waals surface area contributed by atoms with Crippen molar-refractivity contribution in [3.05, 3.63) is 68.7 Å². The van der Waals surface area contributed by atoms with Gasteiger partial charge in [0, 0.05) is 17.5 Å². The van der Waals surface area contributed by atoms with Crippen LogP contribution in [0.5, 0.6) is 0 Å². The molecule has 0 bridgehead atoms. The summed E-state index contributed by atoms with van der Waals surface area (Å²) in [6.07, 6.45) is 0.413. The summed E-state index contributed by atoms with van der Waals surface area (Å²) in [5, 5.41) is 22.9. The van der Waals surface area contributed by atoms with Gasteiger partial charge < -0.3 is 10.4 Å². The van der Waals surface area contributed by atoms with Crippen LogP contribution >= 0.6 is 11.6 Å². The van der Waals surface area contributed by atoms with Gasteiger partial charge in [-0.05, 0) is 30.2 Å². The van der Waals surface area contributed by atoms with Crippen LogP contribution < -0.4 is 5.32 Å². The van der Waals surface area contributed by atoms with E-state index in [0.29, 0.717) is 11.4 Å². The van der Waals surface area contributed by atoms with Gasteiger partial charge in [-0.25, -0.2) is 4.79 Å². The molecule has 0 radical (unpaired) electrons. The molecule has 1 amide bonds. The Hall–Kier alpha value is -2.93. The van der Waals surface area contributed by atoms with E-state index < -0.39 is 16.8 Å². The Morgan fingerprint density at radius 3 is 2.54 bits per heavy atom. The molecule has 2 N–H and O–H groups in total. The van der Waals surface area contributed by atoms with Gasteiger partial charge in [0.1, 0.15) is 5.69 Å². The minimum Gasteiger partial charge on any atom is -0.478 e. The number of carbonyl (C=O) groups excluding carboxylic acids is 1. The molecule has 0 atom stereocenters. The van der Waals surface area contributed by atoms with Crippen molar-refractivity contribution in [1.82, 2.24) is 0 Å². The zero-order valence-corrected chi connectivity index (χ0v) is 13.1. The van der Waals surface area contributed by atoms with E-state index in [0.717, 1.165) is 23.8 Å². The predicted molar refractivity (Wildman–Crippen MR) is 88.5 cm³/mol. The van der Waals surface area contributed by atoms with Crippen molar-refractivity contribution >= 4 is 34.9 Å². The molecule has 7 nitrogen and oxygen atoms in total. The summed E-state index contributed by atoms with van der Waals surface area (Å²) >= 11 is 6.00. The number of nitro benzene ring substituents is 1.